The molecular formula is C103H85Cl9O16S15. The van der Waals surface area contributed by atoms with Gasteiger partial charge in [-0.05, 0) is 182 Å². The minimum Gasteiger partial charge on any atom is -0.294 e. The zero-order valence-corrected chi connectivity index (χ0v) is 95.7. The lowest BCUT2D eigenvalue weighted by Gasteiger charge is -1.99. The number of thiophene rings is 15. The first kappa shape index (κ1) is 119. The van der Waals surface area contributed by atoms with Gasteiger partial charge in [0.15, 0.2) is 92.5 Å². The number of hydrogen-bond donors (Lipinski definition) is 0. The van der Waals surface area contributed by atoms with E-state index in [0.717, 1.165) is 98.8 Å². The molecule has 1 aliphatic rings. The number of allylic oxidation sites excluding steroid dienone is 4. The lowest BCUT2D eigenvalue weighted by atomic mass is 10.0. The average Bonchev–Trinajstić information content (AvgIpc) is 1.67. The van der Waals surface area contributed by atoms with Crippen LogP contribution in [0.2, 0.25) is 43.1 Å². The highest BCUT2D eigenvalue weighted by Gasteiger charge is 2.26. The number of rotatable bonds is 40. The minimum atomic E-state index is -0.285. The van der Waals surface area contributed by atoms with Crippen LogP contribution in [0.5, 0.6) is 0 Å². The molecule has 0 radical (unpaired) electrons. The number of aryl methyl sites for hydroxylation is 6. The summed E-state index contributed by atoms with van der Waals surface area (Å²) in [5.41, 5.74) is 4.58. The molecule has 0 fully saturated rings. The predicted molar refractivity (Wildman–Crippen MR) is 604 cm³/mol. The topological polar surface area (TPSA) is 273 Å². The van der Waals surface area contributed by atoms with E-state index < -0.39 is 0 Å². The van der Waals surface area contributed by atoms with Gasteiger partial charge in [-0.1, -0.05) is 147 Å². The van der Waals surface area contributed by atoms with Crippen LogP contribution >= 0.6 is 274 Å². The molecule has 16 rings (SSSR count). The molecule has 0 spiro atoms. The Kier molecular flexibility index (Phi) is 50.4. The molecule has 0 unspecified atom stereocenters. The molecule has 0 aromatic carbocycles. The standard InChI is InChI=1S/C13H7Cl5O2S2.C13H9Cl3O2S2.C13H11ClO2S2.3C13H12O2S2.C13H12O2S.C12H10O2S2/c1-4-7(14)8(15)11(21-4)5(19)2-3-6(20)12-9(16)10(17)13(18)22-12;1-6-7(14)4-11(19-6)9(17)2-3-10(18)12-5-8(15)13(16)20-12;1-8-4-9(6-17-8)11(15)2-3-12(16)10-5-13(14)18-7-10;2*1-9-4-7-13(17-9)11(15)6-5-10(14)12-3-2-8-16-12;1-9-7-13(17-8-9)11(15)5-4-10(14)12-3-2-6-16-12;14-12(10-3-1-2-4-10)5-6-13(15)11-7-8-16-9-11;13-10(9-5-7-15-8-9)3-4-11(14)12-2-1-6-16-12/h2-3H2,1H3;4-5H,2-3H2,1H3;4-7H,2-3H2,1H3;2*2-4,7-8H,5-6H2,1H3;2-3,6-8H,4-5H2,1H3;1,3-4,7-9H,2,5-6H2;1-2,5-8H,3-4H2. The fraction of sp³-hybridized carbons (Fsp3) is 0.223. The molecule has 15 heterocycles. The maximum absolute atomic E-state index is 12.2. The van der Waals surface area contributed by atoms with Gasteiger partial charge in [0.25, 0.3) is 0 Å². The van der Waals surface area contributed by atoms with E-state index in [-0.39, 0.29) is 155 Å². The zero-order valence-electron chi connectivity index (χ0n) is 76.6. The molecule has 0 bridgehead atoms. The summed E-state index contributed by atoms with van der Waals surface area (Å²) in [6, 6.07) is 34.3. The van der Waals surface area contributed by atoms with E-state index in [4.69, 9.17) is 104 Å². The van der Waals surface area contributed by atoms with Crippen LogP contribution in [0.1, 0.15) is 287 Å². The zero-order chi connectivity index (χ0) is 104. The van der Waals surface area contributed by atoms with Crippen LogP contribution < -0.4 is 0 Å². The van der Waals surface area contributed by atoms with Gasteiger partial charge in [-0.3, -0.25) is 76.7 Å². The van der Waals surface area contributed by atoms with E-state index in [0.29, 0.717) is 125 Å². The van der Waals surface area contributed by atoms with Crippen LogP contribution in [-0.4, -0.2) is 92.5 Å². The van der Waals surface area contributed by atoms with Crippen molar-refractivity contribution in [1.82, 2.24) is 0 Å². The maximum atomic E-state index is 12.2. The van der Waals surface area contributed by atoms with Gasteiger partial charge >= 0.3 is 0 Å². The van der Waals surface area contributed by atoms with Crippen molar-refractivity contribution in [2.75, 3.05) is 0 Å². The smallest absolute Gasteiger partial charge is 0.174 e. The van der Waals surface area contributed by atoms with Crippen LogP contribution in [0.3, 0.4) is 0 Å². The molecule has 0 saturated carbocycles. The summed E-state index contributed by atoms with van der Waals surface area (Å²) in [6.45, 7) is 11.5. The van der Waals surface area contributed by atoms with Crippen molar-refractivity contribution in [2.24, 2.45) is 0 Å². The highest BCUT2D eigenvalue weighted by Crippen LogP contribution is 2.43. The maximum Gasteiger partial charge on any atom is 0.174 e. The SMILES string of the molecule is Cc1cc(C(=O)CCC(=O)c2csc(Cl)c2)cs1.Cc1ccc(C(=O)CCC(=O)c2cccs2)s1.Cc1ccc(C(=O)CCC(=O)c2cccs2)s1.Cc1csc(C(=O)CCC(=O)c2cccs2)c1.Cc1sc(C(=O)CCC(=O)c2cc(Cl)c(Cl)s2)cc1Cl.Cc1sc(C(=O)CCC(=O)c2sc(Cl)c(Cl)c2Cl)c(Cl)c1Cl.O=C(CCC(=O)c1cccs1)c1ccsc1.O=C(CCC(=O)c1ccsc1)C1=CCC=C1. The summed E-state index contributed by atoms with van der Waals surface area (Å²) >= 11 is 73.5. The third-order valence-electron chi connectivity index (χ3n) is 19.8. The molecule has 0 N–H and O–H groups in total. The number of carbonyl (C=O) groups is 16. The molecule has 1 aliphatic carbocycles. The second kappa shape index (κ2) is 60.7. The van der Waals surface area contributed by atoms with Crippen LogP contribution in [0, 0.1) is 41.5 Å². The molecule has 0 atom stereocenters. The highest BCUT2D eigenvalue weighted by molar-refractivity contribution is 7.20. The summed E-state index contributed by atoms with van der Waals surface area (Å²) in [5, 5.41) is 22.2. The second-order valence-electron chi connectivity index (χ2n) is 30.6. The van der Waals surface area contributed by atoms with Gasteiger partial charge < -0.3 is 0 Å². The van der Waals surface area contributed by atoms with Crippen LogP contribution in [0.4, 0.5) is 0 Å². The van der Waals surface area contributed by atoms with Crippen molar-refractivity contribution in [3.05, 3.63) is 347 Å². The Hall–Kier alpha value is -7.69. The molecule has 143 heavy (non-hydrogen) atoms. The van der Waals surface area contributed by atoms with Gasteiger partial charge in [0.1, 0.15) is 8.67 Å². The number of hydrogen-bond acceptors (Lipinski definition) is 31. The second-order valence-corrected chi connectivity index (χ2v) is 50.2. The first-order chi connectivity index (χ1) is 68.2. The monoisotopic (exact) mass is 2370 g/mol. The minimum absolute atomic E-state index is 0.00335. The Morgan fingerprint density at radius 2 is 0.636 bits per heavy atom. The van der Waals surface area contributed by atoms with Gasteiger partial charge in [0.05, 0.1) is 88.1 Å². The fourth-order valence-electron chi connectivity index (χ4n) is 12.2. The van der Waals surface area contributed by atoms with Gasteiger partial charge in [0.2, 0.25) is 0 Å². The van der Waals surface area contributed by atoms with Crippen LogP contribution in [-0.2, 0) is 4.79 Å². The van der Waals surface area contributed by atoms with Crippen molar-refractivity contribution < 1.29 is 76.7 Å². The Labute approximate surface area is 930 Å². The first-order valence-corrected chi connectivity index (χ1v) is 59.4. The third-order valence-corrected chi connectivity index (χ3v) is 38.4. The number of Topliss-reactive ketones (excluding diaryl/α,β-unsaturated/α-hetero) is 16. The Bertz CT molecular complexity index is 6500. The van der Waals surface area contributed by atoms with Crippen molar-refractivity contribution in [2.45, 2.75) is 151 Å². The molecule has 0 aliphatic heterocycles. The summed E-state index contributed by atoms with van der Waals surface area (Å²) in [6.07, 6.45) is 10.3. The van der Waals surface area contributed by atoms with Crippen molar-refractivity contribution in [3.63, 3.8) is 0 Å². The molecule has 40 heteroatoms. The van der Waals surface area contributed by atoms with Crippen LogP contribution in [0.15, 0.2) is 198 Å². The van der Waals surface area contributed by atoms with Crippen molar-refractivity contribution in [1.29, 1.82) is 0 Å². The lowest BCUT2D eigenvalue weighted by Crippen LogP contribution is -2.04. The third kappa shape index (κ3) is 38.8. The van der Waals surface area contributed by atoms with E-state index >= 15 is 0 Å². The Morgan fingerprint density at radius 1 is 0.259 bits per heavy atom. The van der Waals surface area contributed by atoms with E-state index in [9.17, 15) is 76.7 Å². The molecule has 746 valence electrons. The van der Waals surface area contributed by atoms with Crippen molar-refractivity contribution >= 4 is 367 Å². The van der Waals surface area contributed by atoms with E-state index in [1.165, 1.54) is 142 Å². The number of carbonyl (C=O) groups excluding carboxylic acids is 16. The van der Waals surface area contributed by atoms with Gasteiger partial charge in [-0.25, -0.2) is 0 Å². The molecule has 15 aromatic rings. The summed E-state index contributed by atoms with van der Waals surface area (Å²) in [4.78, 5) is 201. The highest BCUT2D eigenvalue weighted by atomic mass is 35.5. The Balaban J connectivity index is 0.000000183. The molecular weight excluding hydrogens is 2290 g/mol. The van der Waals surface area contributed by atoms with Gasteiger partial charge in [-0.15, -0.1) is 147 Å². The van der Waals surface area contributed by atoms with Crippen molar-refractivity contribution in [3.8, 4) is 0 Å². The predicted octanol–water partition coefficient (Wildman–Crippen LogP) is 36.5. The summed E-state index contributed by atoms with van der Waals surface area (Å²) in [7, 11) is 0. The molecule has 15 aromatic heterocycles. The largest absolute Gasteiger partial charge is 0.294 e. The van der Waals surface area contributed by atoms with E-state index in [1.54, 1.807) is 72.2 Å². The van der Waals surface area contributed by atoms with Gasteiger partial charge in [0, 0.05) is 176 Å². The van der Waals surface area contributed by atoms with E-state index in [1.807, 2.05) is 167 Å². The fourth-order valence-corrected chi connectivity index (χ4v) is 26.3. The van der Waals surface area contributed by atoms with E-state index in [2.05, 4.69) is 0 Å². The summed E-state index contributed by atoms with van der Waals surface area (Å²) < 4.78 is 1.24. The number of ketones is 16. The molecule has 0 saturated heterocycles. The number of halogens is 9. The normalized spacial score (nSPS) is 10.9. The lowest BCUT2D eigenvalue weighted by molar-refractivity contribution is -0.115. The Morgan fingerprint density at radius 3 is 0.951 bits per heavy atom. The summed E-state index contributed by atoms with van der Waals surface area (Å²) in [5.74, 6) is -0.148. The molecule has 16 nitrogen and oxygen atoms in total. The quantitative estimate of drug-likeness (QED) is 0.0323. The van der Waals surface area contributed by atoms with Crippen LogP contribution in [0.25, 0.3) is 0 Å². The van der Waals surface area contributed by atoms with Gasteiger partial charge in [-0.2, -0.15) is 22.7 Å². The molecule has 0 amide bonds. The average molecular weight is 2380 g/mol. The first-order valence-electron chi connectivity index (χ1n) is 43.0.